The zero-order valence-electron chi connectivity index (χ0n) is 13.4. The maximum absolute atomic E-state index is 13.1. The Morgan fingerprint density at radius 1 is 1.21 bits per heavy atom. The van der Waals surface area contributed by atoms with Gasteiger partial charge in [-0.3, -0.25) is 0 Å². The molecular formula is C17H18BrNO3S2. The highest BCUT2D eigenvalue weighted by Crippen LogP contribution is 2.45. The fraction of sp³-hybridized carbons (Fsp3) is 0.294. The molecule has 1 heterocycles. The largest absolute Gasteiger partial charge is 0.496 e. The first-order valence-electron chi connectivity index (χ1n) is 7.47. The van der Waals surface area contributed by atoms with Crippen molar-refractivity contribution in [3.63, 3.8) is 0 Å². The van der Waals surface area contributed by atoms with Gasteiger partial charge in [0.05, 0.1) is 17.4 Å². The Morgan fingerprint density at radius 2 is 1.92 bits per heavy atom. The Morgan fingerprint density at radius 3 is 2.58 bits per heavy atom. The minimum absolute atomic E-state index is 0.288. The SMILES string of the molecule is COc1ccc(Br)cc1[C@@H]1SCCN1S(=O)(=O)c1ccc(C)cc1. The molecule has 0 spiro atoms. The third-order valence-corrected chi connectivity index (χ3v) is 7.68. The van der Waals surface area contributed by atoms with Crippen molar-refractivity contribution in [3.8, 4) is 5.75 Å². The van der Waals surface area contributed by atoms with Crippen LogP contribution in [0.5, 0.6) is 5.75 Å². The summed E-state index contributed by atoms with van der Waals surface area (Å²) in [4.78, 5) is 0.328. The first-order valence-corrected chi connectivity index (χ1v) is 10.8. The van der Waals surface area contributed by atoms with Crippen LogP contribution in [0.15, 0.2) is 51.8 Å². The molecule has 4 nitrogen and oxygen atoms in total. The number of thioether (sulfide) groups is 1. The van der Waals surface area contributed by atoms with Crippen molar-refractivity contribution in [1.82, 2.24) is 4.31 Å². The predicted molar refractivity (Wildman–Crippen MR) is 101 cm³/mol. The second kappa shape index (κ2) is 7.07. The van der Waals surface area contributed by atoms with Crippen molar-refractivity contribution < 1.29 is 13.2 Å². The fourth-order valence-electron chi connectivity index (χ4n) is 2.69. The summed E-state index contributed by atoms with van der Waals surface area (Å²) < 4.78 is 34.1. The van der Waals surface area contributed by atoms with Gasteiger partial charge < -0.3 is 4.74 Å². The summed E-state index contributed by atoms with van der Waals surface area (Å²) in [6.07, 6.45) is 0. The average Bonchev–Trinajstić information content (AvgIpc) is 3.05. The van der Waals surface area contributed by atoms with Crippen LogP contribution in [-0.2, 0) is 10.0 Å². The highest BCUT2D eigenvalue weighted by molar-refractivity contribution is 9.10. The lowest BCUT2D eigenvalue weighted by molar-refractivity contribution is 0.390. The van der Waals surface area contributed by atoms with E-state index in [0.717, 1.165) is 21.4 Å². The Labute approximate surface area is 155 Å². The second-order valence-corrected chi connectivity index (χ2v) is 9.53. The molecule has 24 heavy (non-hydrogen) atoms. The van der Waals surface area contributed by atoms with Gasteiger partial charge in [0, 0.05) is 22.3 Å². The van der Waals surface area contributed by atoms with Gasteiger partial charge in [-0.1, -0.05) is 33.6 Å². The highest BCUT2D eigenvalue weighted by atomic mass is 79.9. The van der Waals surface area contributed by atoms with Crippen molar-refractivity contribution in [3.05, 3.63) is 58.1 Å². The molecule has 1 aliphatic rings. The van der Waals surface area contributed by atoms with Gasteiger partial charge in [0.15, 0.2) is 0 Å². The number of rotatable bonds is 4. The molecule has 0 aliphatic carbocycles. The summed E-state index contributed by atoms with van der Waals surface area (Å²) in [5.41, 5.74) is 1.90. The number of nitrogens with zero attached hydrogens (tertiary/aromatic N) is 1. The van der Waals surface area contributed by atoms with Crippen LogP contribution in [0, 0.1) is 6.92 Å². The molecule has 0 amide bonds. The van der Waals surface area contributed by atoms with Gasteiger partial charge in [-0.15, -0.1) is 11.8 Å². The molecule has 2 aromatic carbocycles. The lowest BCUT2D eigenvalue weighted by Gasteiger charge is -2.25. The van der Waals surface area contributed by atoms with Gasteiger partial charge >= 0.3 is 0 Å². The molecule has 0 unspecified atom stereocenters. The summed E-state index contributed by atoms with van der Waals surface area (Å²) in [6.45, 7) is 2.43. The molecule has 1 aliphatic heterocycles. The normalized spacial score (nSPS) is 18.7. The van der Waals surface area contributed by atoms with Crippen molar-refractivity contribution in [2.24, 2.45) is 0 Å². The van der Waals surface area contributed by atoms with Crippen LogP contribution < -0.4 is 4.74 Å². The number of hydrogen-bond donors (Lipinski definition) is 0. The van der Waals surface area contributed by atoms with Crippen molar-refractivity contribution in [1.29, 1.82) is 0 Å². The van der Waals surface area contributed by atoms with E-state index in [-0.39, 0.29) is 5.37 Å². The second-order valence-electron chi connectivity index (χ2n) is 5.54. The van der Waals surface area contributed by atoms with E-state index < -0.39 is 10.0 Å². The summed E-state index contributed by atoms with van der Waals surface area (Å²) >= 11 is 5.08. The monoisotopic (exact) mass is 427 g/mol. The number of aryl methyl sites for hydroxylation is 1. The van der Waals surface area contributed by atoms with Crippen LogP contribution in [0.25, 0.3) is 0 Å². The van der Waals surface area contributed by atoms with E-state index in [1.165, 1.54) is 0 Å². The highest BCUT2D eigenvalue weighted by Gasteiger charge is 2.38. The molecular weight excluding hydrogens is 410 g/mol. The van der Waals surface area contributed by atoms with Crippen LogP contribution in [0.3, 0.4) is 0 Å². The van der Waals surface area contributed by atoms with E-state index in [1.807, 2.05) is 37.3 Å². The molecule has 3 rings (SSSR count). The first kappa shape index (κ1) is 17.8. The topological polar surface area (TPSA) is 46.6 Å². The van der Waals surface area contributed by atoms with Gasteiger partial charge in [0.2, 0.25) is 10.0 Å². The van der Waals surface area contributed by atoms with Crippen molar-refractivity contribution in [2.45, 2.75) is 17.2 Å². The maximum Gasteiger partial charge on any atom is 0.244 e. The fourth-order valence-corrected chi connectivity index (χ4v) is 6.32. The zero-order chi connectivity index (χ0) is 17.3. The van der Waals surface area contributed by atoms with E-state index in [2.05, 4.69) is 15.9 Å². The standard InChI is InChI=1S/C17H18BrNO3S2/c1-12-3-6-14(7-4-12)24(20,21)19-9-10-23-17(19)15-11-13(18)5-8-16(15)22-2/h3-8,11,17H,9-10H2,1-2H3/t17-/m0/s1. The zero-order valence-corrected chi connectivity index (χ0v) is 16.6. The Kier molecular flexibility index (Phi) is 5.24. The predicted octanol–water partition coefficient (Wildman–Crippen LogP) is 4.20. The average molecular weight is 428 g/mol. The van der Waals surface area contributed by atoms with Gasteiger partial charge in [-0.2, -0.15) is 4.31 Å². The van der Waals surface area contributed by atoms with Crippen LogP contribution in [0.1, 0.15) is 16.5 Å². The number of methoxy groups -OCH3 is 1. The van der Waals surface area contributed by atoms with Gasteiger partial charge in [0.1, 0.15) is 5.75 Å². The number of halogens is 1. The smallest absolute Gasteiger partial charge is 0.244 e. The molecule has 7 heteroatoms. The number of hydrogen-bond acceptors (Lipinski definition) is 4. The molecule has 1 fully saturated rings. The summed E-state index contributed by atoms with van der Waals surface area (Å²) in [7, 11) is -1.95. The van der Waals surface area contributed by atoms with Gasteiger partial charge in [0.25, 0.3) is 0 Å². The Bertz CT molecular complexity index is 837. The molecule has 0 bridgehead atoms. The molecule has 2 aromatic rings. The summed E-state index contributed by atoms with van der Waals surface area (Å²) in [6, 6.07) is 12.7. The Balaban J connectivity index is 2.02. The van der Waals surface area contributed by atoms with Gasteiger partial charge in [-0.05, 0) is 37.3 Å². The lowest BCUT2D eigenvalue weighted by Crippen LogP contribution is -2.30. The number of ether oxygens (including phenoxy) is 1. The first-order chi connectivity index (χ1) is 11.4. The number of sulfonamides is 1. The molecule has 1 atom stereocenters. The third kappa shape index (κ3) is 3.35. The van der Waals surface area contributed by atoms with Gasteiger partial charge in [-0.25, -0.2) is 8.42 Å². The summed E-state index contributed by atoms with van der Waals surface area (Å²) in [5, 5.41) is -0.288. The van der Waals surface area contributed by atoms with E-state index in [9.17, 15) is 8.42 Å². The minimum Gasteiger partial charge on any atom is -0.496 e. The molecule has 128 valence electrons. The quantitative estimate of drug-likeness (QED) is 0.733. The van der Waals surface area contributed by atoms with Crippen molar-refractivity contribution >= 4 is 37.7 Å². The molecule has 0 radical (unpaired) electrons. The van der Waals surface area contributed by atoms with Crippen LogP contribution in [0.2, 0.25) is 0 Å². The van der Waals surface area contributed by atoms with Crippen LogP contribution in [0.4, 0.5) is 0 Å². The molecule has 0 aromatic heterocycles. The van der Waals surface area contributed by atoms with E-state index in [4.69, 9.17) is 4.74 Å². The lowest BCUT2D eigenvalue weighted by atomic mass is 10.2. The maximum atomic E-state index is 13.1. The Hall–Kier alpha value is -1.02. The minimum atomic E-state index is -3.55. The number of benzene rings is 2. The van der Waals surface area contributed by atoms with Crippen molar-refractivity contribution in [2.75, 3.05) is 19.4 Å². The molecule has 0 N–H and O–H groups in total. The van der Waals surface area contributed by atoms with E-state index in [0.29, 0.717) is 17.2 Å². The third-order valence-electron chi connectivity index (χ3n) is 3.93. The summed E-state index contributed by atoms with van der Waals surface area (Å²) in [5.74, 6) is 1.45. The van der Waals surface area contributed by atoms with Crippen LogP contribution >= 0.6 is 27.7 Å². The van der Waals surface area contributed by atoms with E-state index >= 15 is 0 Å². The van der Waals surface area contributed by atoms with Crippen LogP contribution in [-0.4, -0.2) is 32.1 Å². The van der Waals surface area contributed by atoms with E-state index in [1.54, 1.807) is 35.3 Å². The molecule has 1 saturated heterocycles. The molecule has 0 saturated carbocycles.